The molecule has 142 valence electrons. The number of rotatable bonds is 3. The van der Waals surface area contributed by atoms with Crippen molar-refractivity contribution in [2.45, 2.75) is 83.8 Å². The Labute approximate surface area is 151 Å². The standard InChI is InChI=1S/C20H33NO4/c1-15(2)17(22)24-20(16-9-7-6-8-10-16)11-13-21(14-12-20)18(23)25-19(3,4)5/h16H,1,6-14H2,2-5H3. The predicted molar refractivity (Wildman–Crippen MR) is 97.3 cm³/mol. The average Bonchev–Trinajstić information content (AvgIpc) is 2.54. The molecule has 1 saturated heterocycles. The molecular weight excluding hydrogens is 318 g/mol. The summed E-state index contributed by atoms with van der Waals surface area (Å²) in [6.07, 6.45) is 6.89. The van der Waals surface area contributed by atoms with Crippen LogP contribution in [0.15, 0.2) is 12.2 Å². The van der Waals surface area contributed by atoms with Crippen LogP contribution in [0.25, 0.3) is 0 Å². The first-order valence-corrected chi connectivity index (χ1v) is 9.50. The van der Waals surface area contributed by atoms with E-state index in [1.807, 2.05) is 20.8 Å². The Morgan fingerprint density at radius 1 is 1.08 bits per heavy atom. The fourth-order valence-electron chi connectivity index (χ4n) is 3.89. The van der Waals surface area contributed by atoms with E-state index in [1.165, 1.54) is 19.3 Å². The largest absolute Gasteiger partial charge is 0.455 e. The van der Waals surface area contributed by atoms with E-state index in [9.17, 15) is 9.59 Å². The zero-order valence-electron chi connectivity index (χ0n) is 16.2. The van der Waals surface area contributed by atoms with Gasteiger partial charge in [-0.1, -0.05) is 25.8 Å². The van der Waals surface area contributed by atoms with Crippen LogP contribution in [0.4, 0.5) is 4.79 Å². The number of amides is 1. The van der Waals surface area contributed by atoms with Crippen LogP contribution in [0, 0.1) is 5.92 Å². The molecule has 0 bridgehead atoms. The summed E-state index contributed by atoms with van der Waals surface area (Å²) < 4.78 is 11.5. The molecule has 25 heavy (non-hydrogen) atoms. The zero-order valence-corrected chi connectivity index (χ0v) is 16.2. The second kappa shape index (κ2) is 7.79. The molecule has 2 rings (SSSR count). The summed E-state index contributed by atoms with van der Waals surface area (Å²) in [5, 5.41) is 0. The SMILES string of the molecule is C=C(C)C(=O)OC1(C2CCCCC2)CCN(C(=O)OC(C)(C)C)CC1. The van der Waals surface area contributed by atoms with Crippen LogP contribution >= 0.6 is 0 Å². The van der Waals surface area contributed by atoms with Crippen molar-refractivity contribution in [3.63, 3.8) is 0 Å². The molecular formula is C20H33NO4. The molecule has 0 aromatic rings. The van der Waals surface area contributed by atoms with Gasteiger partial charge in [-0.05, 0) is 46.5 Å². The van der Waals surface area contributed by atoms with Gasteiger partial charge in [0.2, 0.25) is 0 Å². The van der Waals surface area contributed by atoms with Gasteiger partial charge in [0.25, 0.3) is 0 Å². The van der Waals surface area contributed by atoms with E-state index >= 15 is 0 Å². The van der Waals surface area contributed by atoms with Crippen LogP contribution in [-0.2, 0) is 14.3 Å². The highest BCUT2D eigenvalue weighted by atomic mass is 16.6. The van der Waals surface area contributed by atoms with Gasteiger partial charge in [0, 0.05) is 31.5 Å². The van der Waals surface area contributed by atoms with Gasteiger partial charge in [-0.2, -0.15) is 0 Å². The van der Waals surface area contributed by atoms with E-state index in [0.717, 1.165) is 12.8 Å². The third-order valence-corrected chi connectivity index (χ3v) is 5.26. The van der Waals surface area contributed by atoms with Crippen LogP contribution in [0.1, 0.15) is 72.6 Å². The minimum atomic E-state index is -0.499. The molecule has 0 atom stereocenters. The van der Waals surface area contributed by atoms with Gasteiger partial charge in [-0.15, -0.1) is 0 Å². The van der Waals surface area contributed by atoms with Crippen molar-refractivity contribution in [1.29, 1.82) is 0 Å². The molecule has 0 radical (unpaired) electrons. The highest BCUT2D eigenvalue weighted by Gasteiger charge is 2.46. The van der Waals surface area contributed by atoms with Crippen molar-refractivity contribution in [1.82, 2.24) is 4.90 Å². The first-order chi connectivity index (χ1) is 11.6. The average molecular weight is 351 g/mol. The van der Waals surface area contributed by atoms with Crippen molar-refractivity contribution in [2.24, 2.45) is 5.92 Å². The van der Waals surface area contributed by atoms with Crippen molar-refractivity contribution in [3.8, 4) is 0 Å². The van der Waals surface area contributed by atoms with E-state index < -0.39 is 11.2 Å². The lowest BCUT2D eigenvalue weighted by molar-refractivity contribution is -0.170. The molecule has 1 saturated carbocycles. The first kappa shape index (κ1) is 19.8. The Hall–Kier alpha value is -1.52. The normalized spacial score (nSPS) is 21.5. The lowest BCUT2D eigenvalue weighted by atomic mass is 9.72. The molecule has 1 heterocycles. The van der Waals surface area contributed by atoms with E-state index in [0.29, 0.717) is 37.4 Å². The maximum absolute atomic E-state index is 12.3. The smallest absolute Gasteiger partial charge is 0.410 e. The van der Waals surface area contributed by atoms with Gasteiger partial charge in [0.15, 0.2) is 0 Å². The van der Waals surface area contributed by atoms with E-state index in [2.05, 4.69) is 6.58 Å². The Bertz CT molecular complexity index is 506. The first-order valence-electron chi connectivity index (χ1n) is 9.50. The van der Waals surface area contributed by atoms with Crippen molar-refractivity contribution < 1.29 is 19.1 Å². The minimum Gasteiger partial charge on any atom is -0.455 e. The zero-order chi connectivity index (χ0) is 18.7. The number of carbonyl (C=O) groups excluding carboxylic acids is 2. The summed E-state index contributed by atoms with van der Waals surface area (Å²) in [6.45, 7) is 12.1. The van der Waals surface area contributed by atoms with Gasteiger partial charge in [-0.25, -0.2) is 9.59 Å². The number of hydrogen-bond acceptors (Lipinski definition) is 4. The lowest BCUT2D eigenvalue weighted by Crippen LogP contribution is -2.53. The lowest BCUT2D eigenvalue weighted by Gasteiger charge is -2.47. The Morgan fingerprint density at radius 2 is 1.64 bits per heavy atom. The molecule has 0 N–H and O–H groups in total. The summed E-state index contributed by atoms with van der Waals surface area (Å²) in [4.78, 5) is 26.3. The molecule has 1 amide bonds. The second-order valence-corrected chi connectivity index (χ2v) is 8.54. The number of esters is 1. The van der Waals surface area contributed by atoms with Crippen LogP contribution in [0.2, 0.25) is 0 Å². The van der Waals surface area contributed by atoms with Crippen molar-refractivity contribution >= 4 is 12.1 Å². The van der Waals surface area contributed by atoms with E-state index in [4.69, 9.17) is 9.47 Å². The number of piperidine rings is 1. The number of hydrogen-bond donors (Lipinski definition) is 0. The van der Waals surface area contributed by atoms with Crippen molar-refractivity contribution in [3.05, 3.63) is 12.2 Å². The van der Waals surface area contributed by atoms with Gasteiger partial charge in [0.05, 0.1) is 0 Å². The third kappa shape index (κ3) is 5.23. The van der Waals surface area contributed by atoms with Gasteiger partial charge < -0.3 is 14.4 Å². The van der Waals surface area contributed by atoms with Crippen molar-refractivity contribution in [2.75, 3.05) is 13.1 Å². The molecule has 2 aliphatic rings. The van der Waals surface area contributed by atoms with Crippen LogP contribution in [0.5, 0.6) is 0 Å². The summed E-state index contributed by atoms with van der Waals surface area (Å²) >= 11 is 0. The maximum Gasteiger partial charge on any atom is 0.410 e. The van der Waals surface area contributed by atoms with E-state index in [-0.39, 0.29) is 12.1 Å². The number of likely N-dealkylation sites (tertiary alicyclic amines) is 1. The van der Waals surface area contributed by atoms with Gasteiger partial charge >= 0.3 is 12.1 Å². The van der Waals surface area contributed by atoms with Gasteiger partial charge in [0.1, 0.15) is 11.2 Å². The molecule has 0 aromatic carbocycles. The third-order valence-electron chi connectivity index (χ3n) is 5.26. The number of ether oxygens (including phenoxy) is 2. The monoisotopic (exact) mass is 351 g/mol. The fraction of sp³-hybridized carbons (Fsp3) is 0.800. The quantitative estimate of drug-likeness (QED) is 0.556. The summed E-state index contributed by atoms with van der Waals surface area (Å²) in [7, 11) is 0. The maximum atomic E-state index is 12.3. The molecule has 1 aliphatic heterocycles. The Balaban J connectivity index is 2.07. The minimum absolute atomic E-state index is 0.282. The molecule has 0 spiro atoms. The van der Waals surface area contributed by atoms with E-state index in [1.54, 1.807) is 11.8 Å². The number of nitrogens with zero attached hydrogens (tertiary/aromatic N) is 1. The fourth-order valence-corrected chi connectivity index (χ4v) is 3.89. The highest BCUT2D eigenvalue weighted by Crippen LogP contribution is 2.42. The summed E-state index contributed by atoms with van der Waals surface area (Å²) in [5.74, 6) is 0.0710. The van der Waals surface area contributed by atoms with Gasteiger partial charge in [-0.3, -0.25) is 0 Å². The number of carbonyl (C=O) groups is 2. The topological polar surface area (TPSA) is 55.8 Å². The second-order valence-electron chi connectivity index (χ2n) is 8.54. The molecule has 5 heteroatoms. The molecule has 0 aromatic heterocycles. The molecule has 0 unspecified atom stereocenters. The highest BCUT2D eigenvalue weighted by molar-refractivity contribution is 5.87. The van der Waals surface area contributed by atoms with Crippen LogP contribution in [-0.4, -0.2) is 41.3 Å². The Kier molecular flexibility index (Phi) is 6.17. The van der Waals surface area contributed by atoms with Crippen LogP contribution in [0.3, 0.4) is 0 Å². The molecule has 5 nitrogen and oxygen atoms in total. The molecule has 1 aliphatic carbocycles. The summed E-state index contributed by atoms with van der Waals surface area (Å²) in [6, 6.07) is 0. The molecule has 2 fully saturated rings. The van der Waals surface area contributed by atoms with Crippen LogP contribution < -0.4 is 0 Å². The predicted octanol–water partition coefficient (Wildman–Crippen LogP) is 4.46. The summed E-state index contributed by atoms with van der Waals surface area (Å²) in [5.41, 5.74) is -0.527. The Morgan fingerprint density at radius 3 is 2.12 bits per heavy atom.